The maximum atomic E-state index is 13.1. The summed E-state index contributed by atoms with van der Waals surface area (Å²) in [6.07, 6.45) is 11.8. The van der Waals surface area contributed by atoms with Gasteiger partial charge in [0.25, 0.3) is 5.56 Å². The average Bonchev–Trinajstić information content (AvgIpc) is 3.38. The van der Waals surface area contributed by atoms with Gasteiger partial charge in [0.15, 0.2) is 0 Å². The summed E-state index contributed by atoms with van der Waals surface area (Å²) in [6.45, 7) is 4.09. The van der Waals surface area contributed by atoms with Crippen LogP contribution in [0.15, 0.2) is 51.8 Å². The summed E-state index contributed by atoms with van der Waals surface area (Å²) in [4.78, 5) is 33.1. The molecule has 1 saturated heterocycles. The molecular formula is C30H32ClN5O2. The molecule has 38 heavy (non-hydrogen) atoms. The van der Waals surface area contributed by atoms with Gasteiger partial charge in [-0.2, -0.15) is 0 Å². The van der Waals surface area contributed by atoms with Crippen LogP contribution < -0.4 is 21.5 Å². The van der Waals surface area contributed by atoms with Crippen molar-refractivity contribution in [1.82, 2.24) is 19.4 Å². The van der Waals surface area contributed by atoms with Gasteiger partial charge < -0.3 is 14.8 Å². The van der Waals surface area contributed by atoms with Crippen LogP contribution in [-0.2, 0) is 25.9 Å². The van der Waals surface area contributed by atoms with E-state index in [0.717, 1.165) is 84.7 Å². The van der Waals surface area contributed by atoms with Crippen molar-refractivity contribution in [3.05, 3.63) is 84.9 Å². The second-order valence-electron chi connectivity index (χ2n) is 11.2. The van der Waals surface area contributed by atoms with Crippen molar-refractivity contribution in [2.75, 3.05) is 24.5 Å². The van der Waals surface area contributed by atoms with Crippen molar-refractivity contribution in [2.24, 2.45) is 5.92 Å². The molecule has 1 saturated carbocycles. The summed E-state index contributed by atoms with van der Waals surface area (Å²) < 4.78 is 3.06. The third-order valence-corrected chi connectivity index (χ3v) is 8.76. The molecule has 4 aliphatic rings. The maximum Gasteiger partial charge on any atom is 0.331 e. The topological polar surface area (TPSA) is 72.2 Å². The van der Waals surface area contributed by atoms with Crippen LogP contribution in [0.3, 0.4) is 0 Å². The molecule has 4 heterocycles. The van der Waals surface area contributed by atoms with Crippen LogP contribution in [0, 0.1) is 5.92 Å². The Morgan fingerprint density at radius 1 is 1.11 bits per heavy atom. The minimum absolute atomic E-state index is 0.223. The van der Waals surface area contributed by atoms with Crippen LogP contribution in [0.5, 0.6) is 0 Å². The number of benzene rings is 1. The van der Waals surface area contributed by atoms with Crippen molar-refractivity contribution >= 4 is 23.4 Å². The smallest absolute Gasteiger partial charge is 0.331 e. The molecule has 7 rings (SSSR count). The lowest BCUT2D eigenvalue weighted by Crippen LogP contribution is -2.40. The summed E-state index contributed by atoms with van der Waals surface area (Å²) in [5.41, 5.74) is 7.53. The molecule has 0 amide bonds. The molecule has 1 atom stereocenters. The standard InChI is InChI=1S/C30H32ClN5O2/c31-22-14-21-2-1-10-35(23-5-8-32-16-23)29(21)26(15-22)24-6-9-33-27-13-20(12-25(24)27)18-36-28(37)7-11-34(30(36)38)17-19-3-4-19/h6-7,9,11,13-15,19,23,32H,1-5,8,10,12,16-18H2/t23-/m0/s1. The molecular weight excluding hydrogens is 498 g/mol. The Hall–Kier alpha value is -3.16. The summed E-state index contributed by atoms with van der Waals surface area (Å²) in [7, 11) is 0. The number of nitrogens with one attached hydrogen (secondary N) is 1. The van der Waals surface area contributed by atoms with E-state index in [4.69, 9.17) is 11.6 Å². The number of hydrogen-bond acceptors (Lipinski definition) is 5. The van der Waals surface area contributed by atoms with Crippen LogP contribution in [0.25, 0.3) is 17.2 Å². The first-order valence-corrected chi connectivity index (χ1v) is 14.2. The molecule has 1 N–H and O–H groups in total. The molecule has 7 nitrogen and oxygen atoms in total. The molecule has 0 bridgehead atoms. The number of rotatable bonds is 6. The molecule has 2 aromatic heterocycles. The highest BCUT2D eigenvalue weighted by Crippen LogP contribution is 2.44. The molecule has 2 fully saturated rings. The molecule has 0 radical (unpaired) electrons. The number of aryl methyl sites for hydroxylation is 1. The van der Waals surface area contributed by atoms with E-state index in [0.29, 0.717) is 24.9 Å². The first kappa shape index (κ1) is 23.9. The molecule has 0 unspecified atom stereocenters. The Balaban J connectivity index is 1.24. The fourth-order valence-corrected chi connectivity index (χ4v) is 6.72. The number of halogens is 1. The highest BCUT2D eigenvalue weighted by Gasteiger charge is 2.31. The van der Waals surface area contributed by atoms with E-state index in [-0.39, 0.29) is 17.8 Å². The highest BCUT2D eigenvalue weighted by molar-refractivity contribution is 6.31. The predicted molar refractivity (Wildman–Crippen MR) is 151 cm³/mol. The van der Waals surface area contributed by atoms with E-state index in [1.807, 2.05) is 6.20 Å². The number of pyridine rings is 1. The minimum atomic E-state index is -0.253. The second kappa shape index (κ2) is 9.54. The Bertz CT molecular complexity index is 1560. The molecule has 2 aliphatic heterocycles. The predicted octanol–water partition coefficient (Wildman–Crippen LogP) is 3.89. The minimum Gasteiger partial charge on any atom is -0.366 e. The number of fused-ring (bicyclic) bond motifs is 2. The third kappa shape index (κ3) is 4.31. The lowest BCUT2D eigenvalue weighted by Gasteiger charge is -2.38. The zero-order chi connectivity index (χ0) is 25.8. The summed E-state index contributed by atoms with van der Waals surface area (Å²) >= 11 is 6.68. The monoisotopic (exact) mass is 529 g/mol. The normalized spacial score (nSPS) is 20.4. The van der Waals surface area contributed by atoms with Gasteiger partial charge in [0.05, 0.1) is 12.2 Å². The highest BCUT2D eigenvalue weighted by atomic mass is 35.5. The molecule has 2 aliphatic carbocycles. The average molecular weight is 530 g/mol. The fraction of sp³-hybridized carbons (Fsp3) is 0.433. The second-order valence-corrected chi connectivity index (χ2v) is 11.7. The molecule has 1 aromatic carbocycles. The van der Waals surface area contributed by atoms with E-state index >= 15 is 0 Å². The van der Waals surface area contributed by atoms with Gasteiger partial charge in [-0.1, -0.05) is 11.6 Å². The maximum absolute atomic E-state index is 13.1. The number of anilines is 1. The first-order chi connectivity index (χ1) is 18.5. The summed E-state index contributed by atoms with van der Waals surface area (Å²) in [5, 5.41) is 4.29. The summed E-state index contributed by atoms with van der Waals surface area (Å²) in [5.74, 6) is 0.559. The van der Waals surface area contributed by atoms with Crippen LogP contribution in [0.4, 0.5) is 5.69 Å². The third-order valence-electron chi connectivity index (χ3n) is 8.54. The van der Waals surface area contributed by atoms with Gasteiger partial charge in [-0.25, -0.2) is 4.79 Å². The Morgan fingerprint density at radius 2 is 2.00 bits per heavy atom. The zero-order valence-electron chi connectivity index (χ0n) is 21.5. The van der Waals surface area contributed by atoms with Crippen LogP contribution in [0.2, 0.25) is 5.02 Å². The van der Waals surface area contributed by atoms with Crippen LogP contribution >= 0.6 is 11.6 Å². The van der Waals surface area contributed by atoms with Crippen molar-refractivity contribution in [1.29, 1.82) is 0 Å². The Labute approximate surface area is 226 Å². The molecule has 196 valence electrons. The van der Waals surface area contributed by atoms with Crippen molar-refractivity contribution in [2.45, 2.75) is 57.7 Å². The van der Waals surface area contributed by atoms with Gasteiger partial charge >= 0.3 is 5.69 Å². The fourth-order valence-electron chi connectivity index (χ4n) is 6.48. The SMILES string of the molecule is O=c1ccn(CC2CC2)c(=O)n1CC1=Cc2nccc(-c3cc(Cl)cc4c3N([C@H]3CCNC3)CCC4)c2C1. The van der Waals surface area contributed by atoms with E-state index in [1.54, 1.807) is 10.8 Å². The lowest BCUT2D eigenvalue weighted by molar-refractivity contribution is 0.542. The number of aromatic nitrogens is 3. The van der Waals surface area contributed by atoms with Gasteiger partial charge in [0, 0.05) is 60.4 Å². The number of allylic oxidation sites excluding steroid dienone is 1. The lowest BCUT2D eigenvalue weighted by atomic mass is 9.90. The van der Waals surface area contributed by atoms with Gasteiger partial charge in [-0.05, 0) is 97.5 Å². The van der Waals surface area contributed by atoms with Gasteiger partial charge in [0.2, 0.25) is 0 Å². The van der Waals surface area contributed by atoms with E-state index < -0.39 is 0 Å². The molecule has 0 spiro atoms. The van der Waals surface area contributed by atoms with Crippen LogP contribution in [-0.4, -0.2) is 39.8 Å². The van der Waals surface area contributed by atoms with E-state index in [1.165, 1.54) is 21.9 Å². The molecule has 3 aromatic rings. The van der Waals surface area contributed by atoms with Gasteiger partial charge in [0.1, 0.15) is 0 Å². The van der Waals surface area contributed by atoms with Crippen molar-refractivity contribution in [3.8, 4) is 11.1 Å². The largest absolute Gasteiger partial charge is 0.366 e. The van der Waals surface area contributed by atoms with Crippen molar-refractivity contribution in [3.63, 3.8) is 0 Å². The van der Waals surface area contributed by atoms with Gasteiger partial charge in [-0.15, -0.1) is 0 Å². The first-order valence-electron chi connectivity index (χ1n) is 13.8. The Morgan fingerprint density at radius 3 is 2.82 bits per heavy atom. The number of hydrogen-bond donors (Lipinski definition) is 1. The quantitative estimate of drug-likeness (QED) is 0.524. The summed E-state index contributed by atoms with van der Waals surface area (Å²) in [6, 6.07) is 8.33. The van der Waals surface area contributed by atoms with Crippen LogP contribution in [0.1, 0.15) is 42.5 Å². The zero-order valence-corrected chi connectivity index (χ0v) is 22.2. The molecule has 8 heteroatoms. The van der Waals surface area contributed by atoms with Gasteiger partial charge in [-0.3, -0.25) is 14.3 Å². The Kier molecular flexibility index (Phi) is 6.01. The van der Waals surface area contributed by atoms with E-state index in [9.17, 15) is 9.59 Å². The number of nitrogens with zero attached hydrogens (tertiary/aromatic N) is 4. The van der Waals surface area contributed by atoms with E-state index in [2.05, 4.69) is 39.5 Å². The van der Waals surface area contributed by atoms with Crippen molar-refractivity contribution < 1.29 is 0 Å².